The number of rotatable bonds is 2. The lowest BCUT2D eigenvalue weighted by Gasteiger charge is -2.29. The molecule has 1 amide bonds. The highest BCUT2D eigenvalue weighted by molar-refractivity contribution is 5.92. The van der Waals surface area contributed by atoms with Crippen molar-refractivity contribution >= 4 is 5.91 Å². The van der Waals surface area contributed by atoms with Crippen LogP contribution in [0.4, 0.5) is 0 Å². The summed E-state index contributed by atoms with van der Waals surface area (Å²) in [6.07, 6.45) is 4.26. The highest BCUT2D eigenvalue weighted by atomic mass is 16.1. The van der Waals surface area contributed by atoms with Gasteiger partial charge in [0.15, 0.2) is 0 Å². The first-order valence-electron chi connectivity index (χ1n) is 6.17. The van der Waals surface area contributed by atoms with Crippen molar-refractivity contribution in [3.05, 3.63) is 29.6 Å². The third-order valence-electron chi connectivity index (χ3n) is 3.26. The van der Waals surface area contributed by atoms with E-state index in [1.807, 2.05) is 19.1 Å². The minimum atomic E-state index is -0.115. The van der Waals surface area contributed by atoms with E-state index >= 15 is 0 Å². The lowest BCUT2D eigenvalue weighted by atomic mass is 9.91. The Balaban J connectivity index is 2.01. The Morgan fingerprint density at radius 1 is 1.41 bits per heavy atom. The monoisotopic (exact) mass is 233 g/mol. The predicted molar refractivity (Wildman–Crippen MR) is 66.7 cm³/mol. The van der Waals surface area contributed by atoms with E-state index in [-0.39, 0.29) is 18.0 Å². The van der Waals surface area contributed by atoms with Crippen molar-refractivity contribution in [2.24, 2.45) is 5.73 Å². The Morgan fingerprint density at radius 2 is 2.18 bits per heavy atom. The van der Waals surface area contributed by atoms with Gasteiger partial charge in [-0.3, -0.25) is 4.79 Å². The summed E-state index contributed by atoms with van der Waals surface area (Å²) >= 11 is 0. The van der Waals surface area contributed by atoms with E-state index in [9.17, 15) is 4.79 Å². The molecule has 2 rings (SSSR count). The molecule has 92 valence electrons. The number of carbonyl (C=O) groups excluding carboxylic acids is 1. The minimum Gasteiger partial charge on any atom is -0.346 e. The summed E-state index contributed by atoms with van der Waals surface area (Å²) in [4.78, 5) is 16.2. The van der Waals surface area contributed by atoms with Crippen LogP contribution in [0.2, 0.25) is 0 Å². The van der Waals surface area contributed by atoms with Crippen LogP contribution in [0.15, 0.2) is 18.2 Å². The largest absolute Gasteiger partial charge is 0.346 e. The van der Waals surface area contributed by atoms with Crippen molar-refractivity contribution in [2.75, 3.05) is 0 Å². The second-order valence-corrected chi connectivity index (χ2v) is 4.69. The molecule has 1 aliphatic carbocycles. The molecule has 4 nitrogen and oxygen atoms in total. The summed E-state index contributed by atoms with van der Waals surface area (Å²) in [6, 6.07) is 5.63. The number of aryl methyl sites for hydroxylation is 1. The predicted octanol–water partition coefficient (Wildman–Crippen LogP) is 1.39. The number of carbonyl (C=O) groups is 1. The summed E-state index contributed by atoms with van der Waals surface area (Å²) in [5.41, 5.74) is 7.33. The molecule has 0 unspecified atom stereocenters. The maximum Gasteiger partial charge on any atom is 0.270 e. The van der Waals surface area contributed by atoms with Gasteiger partial charge in [0.2, 0.25) is 0 Å². The van der Waals surface area contributed by atoms with Crippen molar-refractivity contribution < 1.29 is 4.79 Å². The molecule has 0 aliphatic heterocycles. The molecule has 0 aromatic carbocycles. The zero-order chi connectivity index (χ0) is 12.3. The molecule has 1 aliphatic rings. The topological polar surface area (TPSA) is 68.0 Å². The van der Waals surface area contributed by atoms with Crippen LogP contribution in [0.5, 0.6) is 0 Å². The number of pyridine rings is 1. The molecular weight excluding hydrogens is 214 g/mol. The number of hydrogen-bond donors (Lipinski definition) is 2. The standard InChI is InChI=1S/C13H19N3O/c1-9-5-4-8-12(15-9)13(17)16-11-7-3-2-6-10(11)14/h4-5,8,10-11H,2-3,6-7,14H2,1H3,(H,16,17)/t10-,11-/m1/s1. The van der Waals surface area contributed by atoms with Gasteiger partial charge in [0.05, 0.1) is 0 Å². The maximum atomic E-state index is 12.0. The quantitative estimate of drug-likeness (QED) is 0.811. The Bertz CT molecular complexity index is 405. The molecule has 1 heterocycles. The number of nitrogens with two attached hydrogens (primary N) is 1. The molecule has 0 spiro atoms. The normalized spacial score (nSPS) is 24.4. The molecule has 0 radical (unpaired) electrons. The van der Waals surface area contributed by atoms with Gasteiger partial charge in [0, 0.05) is 17.8 Å². The zero-order valence-corrected chi connectivity index (χ0v) is 10.1. The van der Waals surface area contributed by atoms with Gasteiger partial charge >= 0.3 is 0 Å². The fraction of sp³-hybridized carbons (Fsp3) is 0.538. The number of hydrogen-bond acceptors (Lipinski definition) is 3. The molecular formula is C13H19N3O. The SMILES string of the molecule is Cc1cccc(C(=O)N[C@@H]2CCCC[C@H]2N)n1. The minimum absolute atomic E-state index is 0.0810. The van der Waals surface area contributed by atoms with E-state index in [0.29, 0.717) is 5.69 Å². The second kappa shape index (κ2) is 5.27. The van der Waals surface area contributed by atoms with Crippen molar-refractivity contribution in [1.29, 1.82) is 0 Å². The highest BCUT2D eigenvalue weighted by Crippen LogP contribution is 2.17. The van der Waals surface area contributed by atoms with Crippen LogP contribution in [-0.2, 0) is 0 Å². The van der Waals surface area contributed by atoms with Crippen LogP contribution < -0.4 is 11.1 Å². The third-order valence-corrected chi connectivity index (χ3v) is 3.26. The van der Waals surface area contributed by atoms with Crippen molar-refractivity contribution in [3.63, 3.8) is 0 Å². The van der Waals surface area contributed by atoms with E-state index < -0.39 is 0 Å². The first-order chi connectivity index (χ1) is 8.16. The Labute approximate surface area is 102 Å². The van der Waals surface area contributed by atoms with Crippen LogP contribution in [0.1, 0.15) is 41.9 Å². The molecule has 1 fully saturated rings. The molecule has 1 aromatic heterocycles. The number of amides is 1. The number of nitrogens with zero attached hydrogens (tertiary/aromatic N) is 1. The van der Waals surface area contributed by atoms with Crippen LogP contribution >= 0.6 is 0 Å². The molecule has 1 aromatic rings. The van der Waals surface area contributed by atoms with E-state index in [2.05, 4.69) is 10.3 Å². The van der Waals surface area contributed by atoms with Gasteiger partial charge in [-0.2, -0.15) is 0 Å². The zero-order valence-electron chi connectivity index (χ0n) is 10.1. The summed E-state index contributed by atoms with van der Waals surface area (Å²) in [5.74, 6) is -0.115. The molecule has 4 heteroatoms. The van der Waals surface area contributed by atoms with Crippen LogP contribution in [0, 0.1) is 6.92 Å². The molecule has 0 saturated heterocycles. The fourth-order valence-corrected chi connectivity index (χ4v) is 2.25. The summed E-state index contributed by atoms with van der Waals surface area (Å²) < 4.78 is 0. The van der Waals surface area contributed by atoms with Crippen molar-refractivity contribution in [3.8, 4) is 0 Å². The molecule has 3 N–H and O–H groups in total. The lowest BCUT2D eigenvalue weighted by Crippen LogP contribution is -2.49. The third kappa shape index (κ3) is 3.03. The Kier molecular flexibility index (Phi) is 3.74. The highest BCUT2D eigenvalue weighted by Gasteiger charge is 2.23. The molecule has 1 saturated carbocycles. The van der Waals surface area contributed by atoms with Gasteiger partial charge in [0.25, 0.3) is 5.91 Å². The molecule has 2 atom stereocenters. The van der Waals surface area contributed by atoms with Crippen molar-refractivity contribution in [1.82, 2.24) is 10.3 Å². The van der Waals surface area contributed by atoms with E-state index in [1.54, 1.807) is 6.07 Å². The van der Waals surface area contributed by atoms with Gasteiger partial charge in [0.1, 0.15) is 5.69 Å². The molecule has 0 bridgehead atoms. The average Bonchev–Trinajstić information content (AvgIpc) is 2.32. The van der Waals surface area contributed by atoms with E-state index in [1.165, 1.54) is 0 Å². The van der Waals surface area contributed by atoms with Gasteiger partial charge < -0.3 is 11.1 Å². The average molecular weight is 233 g/mol. The lowest BCUT2D eigenvalue weighted by molar-refractivity contribution is 0.0916. The van der Waals surface area contributed by atoms with Gasteiger partial charge in [-0.25, -0.2) is 4.98 Å². The van der Waals surface area contributed by atoms with E-state index in [0.717, 1.165) is 31.4 Å². The first kappa shape index (κ1) is 12.0. The van der Waals surface area contributed by atoms with E-state index in [4.69, 9.17) is 5.73 Å². The summed E-state index contributed by atoms with van der Waals surface area (Å²) in [6.45, 7) is 1.88. The number of nitrogens with one attached hydrogen (secondary N) is 1. The Morgan fingerprint density at radius 3 is 2.88 bits per heavy atom. The van der Waals surface area contributed by atoms with Gasteiger partial charge in [-0.05, 0) is 31.9 Å². The molecule has 17 heavy (non-hydrogen) atoms. The number of aromatic nitrogens is 1. The van der Waals surface area contributed by atoms with Crippen molar-refractivity contribution in [2.45, 2.75) is 44.7 Å². The maximum absolute atomic E-state index is 12.0. The Hall–Kier alpha value is -1.42. The summed E-state index contributed by atoms with van der Waals surface area (Å²) in [7, 11) is 0. The smallest absolute Gasteiger partial charge is 0.270 e. The van der Waals surface area contributed by atoms with Crippen LogP contribution in [-0.4, -0.2) is 23.0 Å². The van der Waals surface area contributed by atoms with Gasteiger partial charge in [-0.15, -0.1) is 0 Å². The van der Waals surface area contributed by atoms with Crippen LogP contribution in [0.3, 0.4) is 0 Å². The first-order valence-corrected chi connectivity index (χ1v) is 6.17. The van der Waals surface area contributed by atoms with Crippen LogP contribution in [0.25, 0.3) is 0 Å². The van der Waals surface area contributed by atoms with Gasteiger partial charge in [-0.1, -0.05) is 18.9 Å². The summed E-state index contributed by atoms with van der Waals surface area (Å²) in [5, 5.41) is 2.99. The second-order valence-electron chi connectivity index (χ2n) is 4.69. The fourth-order valence-electron chi connectivity index (χ4n) is 2.25.